The second-order valence-corrected chi connectivity index (χ2v) is 9.17. The fourth-order valence-electron chi connectivity index (χ4n) is 6.54. The van der Waals surface area contributed by atoms with Gasteiger partial charge in [-0.1, -0.05) is 39.3 Å². The first-order chi connectivity index (χ1) is 11.4. The van der Waals surface area contributed by atoms with E-state index in [1.165, 1.54) is 5.57 Å². The topological polar surface area (TPSA) is 34.1 Å². The van der Waals surface area contributed by atoms with Crippen LogP contribution in [0, 0.1) is 34.5 Å². The monoisotopic (exact) mass is 326 g/mol. The zero-order valence-electron chi connectivity index (χ0n) is 15.3. The Kier molecular flexibility index (Phi) is 3.67. The van der Waals surface area contributed by atoms with E-state index in [0.717, 1.165) is 38.5 Å². The van der Waals surface area contributed by atoms with E-state index in [2.05, 4.69) is 32.9 Å². The summed E-state index contributed by atoms with van der Waals surface area (Å²) < 4.78 is 0. The number of Topliss-reactive ketones (excluding diaryl/α,β-unsaturated/α-hetero) is 1. The van der Waals surface area contributed by atoms with Crippen LogP contribution in [0.4, 0.5) is 0 Å². The molecule has 0 aliphatic heterocycles. The number of rotatable bonds is 2. The van der Waals surface area contributed by atoms with Gasteiger partial charge in [-0.15, -0.1) is 0 Å². The second kappa shape index (κ2) is 5.41. The Labute approximate surface area is 145 Å². The molecule has 0 N–H and O–H groups in total. The van der Waals surface area contributed by atoms with Gasteiger partial charge >= 0.3 is 0 Å². The molecular weight excluding hydrogens is 296 g/mol. The van der Waals surface area contributed by atoms with Gasteiger partial charge in [0.15, 0.2) is 5.78 Å². The standard InChI is InChI=1S/C22H30O2/c1-4-5-14-12-19-17-7-6-15-13-16(23)8-10-21(15,2)18(17)9-11-22(19,3)20(14)24/h6-7,13-14,17-19H,4-5,8-12H2,1-3H3. The second-order valence-electron chi connectivity index (χ2n) is 9.17. The van der Waals surface area contributed by atoms with Crippen LogP contribution in [0.25, 0.3) is 0 Å². The lowest BCUT2D eigenvalue weighted by Gasteiger charge is -2.54. The molecule has 6 atom stereocenters. The summed E-state index contributed by atoms with van der Waals surface area (Å²) in [5, 5.41) is 0. The van der Waals surface area contributed by atoms with Crippen molar-refractivity contribution >= 4 is 11.6 Å². The molecule has 0 spiro atoms. The molecule has 2 nitrogen and oxygen atoms in total. The average molecular weight is 326 g/mol. The smallest absolute Gasteiger partial charge is 0.156 e. The molecule has 0 aromatic rings. The summed E-state index contributed by atoms with van der Waals surface area (Å²) in [4.78, 5) is 24.9. The Morgan fingerprint density at radius 1 is 1.12 bits per heavy atom. The first kappa shape index (κ1) is 16.3. The lowest BCUT2D eigenvalue weighted by molar-refractivity contribution is -0.133. The van der Waals surface area contributed by atoms with E-state index in [1.54, 1.807) is 0 Å². The van der Waals surface area contributed by atoms with E-state index >= 15 is 0 Å². The number of ketones is 2. The summed E-state index contributed by atoms with van der Waals surface area (Å²) in [6.45, 7) is 6.81. The third-order valence-corrected chi connectivity index (χ3v) is 8.01. The van der Waals surface area contributed by atoms with Crippen molar-refractivity contribution in [2.75, 3.05) is 0 Å². The lowest BCUT2D eigenvalue weighted by atomic mass is 9.49. The molecule has 0 aromatic carbocycles. The molecule has 0 bridgehead atoms. The maximum absolute atomic E-state index is 13.1. The van der Waals surface area contributed by atoms with E-state index in [1.807, 2.05) is 6.08 Å². The van der Waals surface area contributed by atoms with Gasteiger partial charge in [-0.25, -0.2) is 0 Å². The van der Waals surface area contributed by atoms with Crippen molar-refractivity contribution in [3.8, 4) is 0 Å². The van der Waals surface area contributed by atoms with Crippen LogP contribution in [-0.2, 0) is 9.59 Å². The molecular formula is C22H30O2. The van der Waals surface area contributed by atoms with Gasteiger partial charge in [0.25, 0.3) is 0 Å². The number of carbonyl (C=O) groups is 2. The number of hydrogen-bond acceptors (Lipinski definition) is 2. The normalized spacial score (nSPS) is 47.0. The van der Waals surface area contributed by atoms with Crippen molar-refractivity contribution < 1.29 is 9.59 Å². The molecule has 0 aromatic heterocycles. The largest absolute Gasteiger partial charge is 0.299 e. The van der Waals surface area contributed by atoms with Gasteiger partial charge in [0.05, 0.1) is 0 Å². The van der Waals surface area contributed by atoms with Crippen molar-refractivity contribution in [3.05, 3.63) is 23.8 Å². The van der Waals surface area contributed by atoms with E-state index < -0.39 is 0 Å². The minimum absolute atomic E-state index is 0.104. The highest BCUT2D eigenvalue weighted by atomic mass is 16.1. The quantitative estimate of drug-likeness (QED) is 0.724. The molecule has 130 valence electrons. The number of hydrogen-bond donors (Lipinski definition) is 0. The highest BCUT2D eigenvalue weighted by Crippen LogP contribution is 2.63. The highest BCUT2D eigenvalue weighted by molar-refractivity contribution is 5.92. The molecule has 4 aliphatic rings. The number of allylic oxidation sites excluding steroid dienone is 4. The zero-order valence-corrected chi connectivity index (χ0v) is 15.3. The van der Waals surface area contributed by atoms with Crippen LogP contribution in [0.3, 0.4) is 0 Å². The van der Waals surface area contributed by atoms with Gasteiger partial charge in [-0.2, -0.15) is 0 Å². The van der Waals surface area contributed by atoms with E-state index in [9.17, 15) is 9.59 Å². The molecule has 24 heavy (non-hydrogen) atoms. The van der Waals surface area contributed by atoms with Gasteiger partial charge < -0.3 is 0 Å². The molecule has 0 amide bonds. The van der Waals surface area contributed by atoms with Crippen molar-refractivity contribution in [1.29, 1.82) is 0 Å². The van der Waals surface area contributed by atoms with Crippen LogP contribution in [0.15, 0.2) is 23.8 Å². The minimum atomic E-state index is -0.104. The van der Waals surface area contributed by atoms with E-state index in [4.69, 9.17) is 0 Å². The predicted octanol–water partition coefficient (Wildman–Crippen LogP) is 4.89. The van der Waals surface area contributed by atoms with Crippen LogP contribution >= 0.6 is 0 Å². The van der Waals surface area contributed by atoms with Crippen molar-refractivity contribution in [1.82, 2.24) is 0 Å². The first-order valence-electron chi connectivity index (χ1n) is 9.87. The SMILES string of the molecule is CCCC1CC2C3C=CC4=CC(=O)CCC4(C)C3CCC2(C)C1=O. The summed E-state index contributed by atoms with van der Waals surface area (Å²) in [6, 6.07) is 0. The third kappa shape index (κ3) is 2.07. The van der Waals surface area contributed by atoms with Gasteiger partial charge in [0, 0.05) is 17.8 Å². The summed E-state index contributed by atoms with van der Waals surface area (Å²) in [6.07, 6.45) is 13.6. The Morgan fingerprint density at radius 2 is 1.92 bits per heavy atom. The first-order valence-corrected chi connectivity index (χ1v) is 9.87. The van der Waals surface area contributed by atoms with Crippen LogP contribution in [-0.4, -0.2) is 11.6 Å². The zero-order chi connectivity index (χ0) is 17.1. The fraction of sp³-hybridized carbons (Fsp3) is 0.727. The lowest BCUT2D eigenvalue weighted by Crippen LogP contribution is -2.49. The summed E-state index contributed by atoms with van der Waals surface area (Å²) in [5.41, 5.74) is 1.28. The van der Waals surface area contributed by atoms with Crippen LogP contribution < -0.4 is 0 Å². The van der Waals surface area contributed by atoms with Gasteiger partial charge in [-0.05, 0) is 66.9 Å². The number of carbonyl (C=O) groups excluding carboxylic acids is 2. The molecule has 4 aliphatic carbocycles. The number of fused-ring (bicyclic) bond motifs is 5. The van der Waals surface area contributed by atoms with E-state index in [-0.39, 0.29) is 22.5 Å². The van der Waals surface area contributed by atoms with Crippen LogP contribution in [0.2, 0.25) is 0 Å². The molecule has 2 saturated carbocycles. The molecule has 2 fully saturated rings. The predicted molar refractivity (Wildman–Crippen MR) is 95.4 cm³/mol. The van der Waals surface area contributed by atoms with Crippen molar-refractivity contribution in [3.63, 3.8) is 0 Å². The van der Waals surface area contributed by atoms with Gasteiger partial charge in [0.1, 0.15) is 5.78 Å². The molecule has 0 radical (unpaired) electrons. The molecule has 4 rings (SSSR count). The van der Waals surface area contributed by atoms with E-state index in [0.29, 0.717) is 30.0 Å². The average Bonchev–Trinajstić information content (AvgIpc) is 2.81. The van der Waals surface area contributed by atoms with Crippen molar-refractivity contribution in [2.45, 2.75) is 65.7 Å². The molecule has 2 heteroatoms. The Balaban J connectivity index is 1.71. The van der Waals surface area contributed by atoms with Crippen molar-refractivity contribution in [2.24, 2.45) is 34.5 Å². The fourth-order valence-corrected chi connectivity index (χ4v) is 6.54. The minimum Gasteiger partial charge on any atom is -0.299 e. The summed E-state index contributed by atoms with van der Waals surface area (Å²) >= 11 is 0. The van der Waals surface area contributed by atoms with Gasteiger partial charge in [0.2, 0.25) is 0 Å². The highest BCUT2D eigenvalue weighted by Gasteiger charge is 2.60. The molecule has 6 unspecified atom stereocenters. The molecule has 0 saturated heterocycles. The Hall–Kier alpha value is -1.18. The Morgan fingerprint density at radius 3 is 2.67 bits per heavy atom. The summed E-state index contributed by atoms with van der Waals surface area (Å²) in [7, 11) is 0. The van der Waals surface area contributed by atoms with Crippen LogP contribution in [0.5, 0.6) is 0 Å². The molecule has 0 heterocycles. The van der Waals surface area contributed by atoms with Gasteiger partial charge in [-0.3, -0.25) is 9.59 Å². The third-order valence-electron chi connectivity index (χ3n) is 8.01. The maximum Gasteiger partial charge on any atom is 0.156 e. The Bertz CT molecular complexity index is 642. The van der Waals surface area contributed by atoms with Crippen LogP contribution in [0.1, 0.15) is 65.7 Å². The summed E-state index contributed by atoms with van der Waals surface area (Å²) in [5.74, 6) is 2.75. The maximum atomic E-state index is 13.1.